The van der Waals surface area contributed by atoms with E-state index in [4.69, 9.17) is 10.00 Å². The summed E-state index contributed by atoms with van der Waals surface area (Å²) in [5, 5.41) is 18.4. The van der Waals surface area contributed by atoms with E-state index in [1.807, 2.05) is 28.7 Å². The lowest BCUT2D eigenvalue weighted by molar-refractivity contribution is -0.142. The molecule has 0 amide bonds. The van der Waals surface area contributed by atoms with E-state index in [1.165, 1.54) is 12.1 Å². The molecule has 0 atom stereocenters. The van der Waals surface area contributed by atoms with Crippen LogP contribution in [0.1, 0.15) is 18.1 Å². The molecular formula is C11H10INO3. The summed E-state index contributed by atoms with van der Waals surface area (Å²) in [5.74, 6) is -0.403. The molecule has 1 N–H and O–H groups in total. The SMILES string of the molecule is CCOC(=O)Cc1cc(C#N)c(I)cc1O. The molecule has 5 heteroatoms. The summed E-state index contributed by atoms with van der Waals surface area (Å²) < 4.78 is 5.43. The van der Waals surface area contributed by atoms with Gasteiger partial charge in [0.2, 0.25) is 0 Å². The molecule has 0 saturated carbocycles. The average molecular weight is 331 g/mol. The maximum atomic E-state index is 11.2. The summed E-state index contributed by atoms with van der Waals surface area (Å²) in [5.41, 5.74) is 0.855. The zero-order chi connectivity index (χ0) is 12.1. The van der Waals surface area contributed by atoms with Crippen LogP contribution in [-0.4, -0.2) is 17.7 Å². The Hall–Kier alpha value is -1.29. The van der Waals surface area contributed by atoms with E-state index >= 15 is 0 Å². The van der Waals surface area contributed by atoms with E-state index in [-0.39, 0.29) is 12.2 Å². The summed E-state index contributed by atoms with van der Waals surface area (Å²) in [7, 11) is 0. The smallest absolute Gasteiger partial charge is 0.310 e. The van der Waals surface area contributed by atoms with Gasteiger partial charge >= 0.3 is 5.97 Å². The molecule has 0 unspecified atom stereocenters. The fourth-order valence-electron chi connectivity index (χ4n) is 1.20. The van der Waals surface area contributed by atoms with Crippen LogP contribution in [0, 0.1) is 14.9 Å². The molecule has 16 heavy (non-hydrogen) atoms. The second kappa shape index (κ2) is 5.70. The molecule has 0 aliphatic carbocycles. The molecule has 0 radical (unpaired) electrons. The van der Waals surface area contributed by atoms with E-state index in [0.29, 0.717) is 21.3 Å². The topological polar surface area (TPSA) is 70.3 Å². The number of nitriles is 1. The first kappa shape index (κ1) is 12.8. The molecule has 0 spiro atoms. The second-order valence-corrected chi connectivity index (χ2v) is 4.22. The Morgan fingerprint density at radius 3 is 2.88 bits per heavy atom. The minimum absolute atomic E-state index is 0.0106. The Kier molecular flexibility index (Phi) is 4.55. The Morgan fingerprint density at radius 1 is 1.62 bits per heavy atom. The molecule has 84 valence electrons. The van der Waals surface area contributed by atoms with Crippen LogP contribution in [-0.2, 0) is 16.0 Å². The van der Waals surface area contributed by atoms with Crippen molar-refractivity contribution in [2.45, 2.75) is 13.3 Å². The zero-order valence-electron chi connectivity index (χ0n) is 8.66. The molecule has 0 aromatic heterocycles. The second-order valence-electron chi connectivity index (χ2n) is 3.05. The van der Waals surface area contributed by atoms with Gasteiger partial charge in [0.1, 0.15) is 11.8 Å². The van der Waals surface area contributed by atoms with E-state index in [2.05, 4.69) is 0 Å². The minimum Gasteiger partial charge on any atom is -0.508 e. The number of phenols is 1. The van der Waals surface area contributed by atoms with Crippen molar-refractivity contribution in [1.29, 1.82) is 5.26 Å². The van der Waals surface area contributed by atoms with Crippen molar-refractivity contribution >= 4 is 28.6 Å². The third-order valence-corrected chi connectivity index (χ3v) is 2.82. The fraction of sp³-hybridized carbons (Fsp3) is 0.273. The summed E-state index contributed by atoms with van der Waals surface area (Å²) >= 11 is 1.95. The fourth-order valence-corrected chi connectivity index (χ4v) is 1.77. The van der Waals surface area contributed by atoms with Crippen LogP contribution in [0.25, 0.3) is 0 Å². The van der Waals surface area contributed by atoms with Gasteiger partial charge in [0.25, 0.3) is 0 Å². The van der Waals surface area contributed by atoms with Crippen LogP contribution in [0.15, 0.2) is 12.1 Å². The summed E-state index contributed by atoms with van der Waals surface area (Å²) in [4.78, 5) is 11.2. The van der Waals surface area contributed by atoms with Gasteiger partial charge in [0, 0.05) is 9.13 Å². The number of hydrogen-bond donors (Lipinski definition) is 1. The number of hydrogen-bond acceptors (Lipinski definition) is 4. The number of carbonyl (C=O) groups is 1. The molecule has 0 aliphatic heterocycles. The van der Waals surface area contributed by atoms with Gasteiger partial charge in [-0.3, -0.25) is 4.79 Å². The highest BCUT2D eigenvalue weighted by Crippen LogP contribution is 2.24. The number of rotatable bonds is 3. The molecule has 0 aliphatic rings. The van der Waals surface area contributed by atoms with Crippen molar-refractivity contribution in [3.8, 4) is 11.8 Å². The maximum absolute atomic E-state index is 11.2. The van der Waals surface area contributed by atoms with Crippen LogP contribution in [0.5, 0.6) is 5.75 Å². The number of phenolic OH excluding ortho intramolecular Hbond substituents is 1. The Labute approximate surface area is 107 Å². The van der Waals surface area contributed by atoms with Crippen molar-refractivity contribution in [1.82, 2.24) is 0 Å². The lowest BCUT2D eigenvalue weighted by atomic mass is 10.1. The Balaban J connectivity index is 2.97. The number of benzene rings is 1. The molecule has 0 heterocycles. The largest absolute Gasteiger partial charge is 0.508 e. The first-order valence-electron chi connectivity index (χ1n) is 4.65. The number of nitrogens with zero attached hydrogens (tertiary/aromatic N) is 1. The van der Waals surface area contributed by atoms with Gasteiger partial charge < -0.3 is 9.84 Å². The number of carbonyl (C=O) groups excluding carboxylic acids is 1. The van der Waals surface area contributed by atoms with Gasteiger partial charge in [-0.05, 0) is 41.6 Å². The highest BCUT2D eigenvalue weighted by Gasteiger charge is 2.11. The molecule has 1 aromatic carbocycles. The van der Waals surface area contributed by atoms with Crippen LogP contribution >= 0.6 is 22.6 Å². The summed E-state index contributed by atoms with van der Waals surface area (Å²) in [6, 6.07) is 4.97. The molecule has 0 saturated heterocycles. The van der Waals surface area contributed by atoms with Gasteiger partial charge in [-0.1, -0.05) is 0 Å². The molecule has 0 bridgehead atoms. The first-order valence-corrected chi connectivity index (χ1v) is 5.73. The predicted molar refractivity (Wildman–Crippen MR) is 65.9 cm³/mol. The number of halogens is 1. The predicted octanol–water partition coefficient (Wildman–Crippen LogP) is 1.97. The lowest BCUT2D eigenvalue weighted by Crippen LogP contribution is -2.08. The monoisotopic (exact) mass is 331 g/mol. The molecular weight excluding hydrogens is 321 g/mol. The zero-order valence-corrected chi connectivity index (χ0v) is 10.8. The number of aromatic hydroxyl groups is 1. The van der Waals surface area contributed by atoms with Gasteiger partial charge in [-0.15, -0.1) is 0 Å². The standard InChI is InChI=1S/C11H10INO3/c1-2-16-11(15)4-7-3-8(6-13)9(12)5-10(7)14/h3,5,14H,2,4H2,1H3. The average Bonchev–Trinajstić information content (AvgIpc) is 2.22. The molecule has 0 fully saturated rings. The quantitative estimate of drug-likeness (QED) is 0.679. The summed E-state index contributed by atoms with van der Waals surface area (Å²) in [6.07, 6.45) is -0.0225. The molecule has 4 nitrogen and oxygen atoms in total. The first-order chi connectivity index (χ1) is 7.58. The van der Waals surface area contributed by atoms with Crippen molar-refractivity contribution < 1.29 is 14.6 Å². The van der Waals surface area contributed by atoms with E-state index < -0.39 is 5.97 Å². The van der Waals surface area contributed by atoms with Gasteiger partial charge in [0.05, 0.1) is 18.6 Å². The maximum Gasteiger partial charge on any atom is 0.310 e. The van der Waals surface area contributed by atoms with Gasteiger partial charge in [-0.2, -0.15) is 5.26 Å². The highest BCUT2D eigenvalue weighted by molar-refractivity contribution is 14.1. The van der Waals surface area contributed by atoms with Crippen molar-refractivity contribution in [2.24, 2.45) is 0 Å². The number of esters is 1. The van der Waals surface area contributed by atoms with Crippen LogP contribution < -0.4 is 0 Å². The van der Waals surface area contributed by atoms with E-state index in [9.17, 15) is 9.90 Å². The van der Waals surface area contributed by atoms with E-state index in [1.54, 1.807) is 6.92 Å². The van der Waals surface area contributed by atoms with E-state index in [0.717, 1.165) is 0 Å². The molecule has 1 aromatic rings. The lowest BCUT2D eigenvalue weighted by Gasteiger charge is -2.06. The minimum atomic E-state index is -0.414. The van der Waals surface area contributed by atoms with Crippen LogP contribution in [0.2, 0.25) is 0 Å². The third kappa shape index (κ3) is 3.10. The summed E-state index contributed by atoms with van der Waals surface area (Å²) in [6.45, 7) is 2.02. The van der Waals surface area contributed by atoms with Gasteiger partial charge in [0.15, 0.2) is 0 Å². The van der Waals surface area contributed by atoms with Crippen LogP contribution in [0.3, 0.4) is 0 Å². The van der Waals surface area contributed by atoms with Crippen LogP contribution in [0.4, 0.5) is 0 Å². The Morgan fingerprint density at radius 2 is 2.31 bits per heavy atom. The van der Waals surface area contributed by atoms with Crippen molar-refractivity contribution in [2.75, 3.05) is 6.61 Å². The van der Waals surface area contributed by atoms with Crippen molar-refractivity contribution in [3.05, 3.63) is 26.8 Å². The normalized spacial score (nSPS) is 9.56. The molecule has 1 rings (SSSR count). The third-order valence-electron chi connectivity index (χ3n) is 1.93. The van der Waals surface area contributed by atoms with Crippen molar-refractivity contribution in [3.63, 3.8) is 0 Å². The highest BCUT2D eigenvalue weighted by atomic mass is 127. The number of ether oxygens (including phenoxy) is 1. The van der Waals surface area contributed by atoms with Gasteiger partial charge in [-0.25, -0.2) is 0 Å². The Bertz CT molecular complexity index is 451.